The minimum absolute atomic E-state index is 0.238. The van der Waals surface area contributed by atoms with Crippen LogP contribution in [-0.2, 0) is 27.2 Å². The Morgan fingerprint density at radius 1 is 0.957 bits per heavy atom. The van der Waals surface area contributed by atoms with Crippen molar-refractivity contribution in [2.75, 3.05) is 24.3 Å². The Labute approximate surface area is 280 Å². The second-order valence-electron chi connectivity index (χ2n) is 11.7. The molecule has 1 unspecified atom stereocenters. The van der Waals surface area contributed by atoms with Crippen LogP contribution in [0, 0.1) is 5.82 Å². The van der Waals surface area contributed by atoms with Crippen molar-refractivity contribution in [3.05, 3.63) is 112 Å². The molecule has 0 saturated heterocycles. The first kappa shape index (κ1) is 33.7. The van der Waals surface area contributed by atoms with E-state index in [9.17, 15) is 23.6 Å². The smallest absolute Gasteiger partial charge is 0.410 e. The number of ether oxygens (including phenoxy) is 2. The van der Waals surface area contributed by atoms with Gasteiger partial charge < -0.3 is 25.0 Å². The molecule has 1 atom stereocenters. The average molecular weight is 676 g/mol. The Kier molecular flexibility index (Phi) is 10.3. The van der Waals surface area contributed by atoms with Gasteiger partial charge in [-0.25, -0.2) is 14.0 Å². The van der Waals surface area contributed by atoms with Crippen LogP contribution < -0.4 is 10.6 Å². The van der Waals surface area contributed by atoms with Gasteiger partial charge in [-0.3, -0.25) is 9.59 Å². The third-order valence-electron chi connectivity index (χ3n) is 7.13. The molecule has 2 heterocycles. The first-order valence-electron chi connectivity index (χ1n) is 14.8. The lowest BCUT2D eigenvalue weighted by atomic mass is 10.0. The summed E-state index contributed by atoms with van der Waals surface area (Å²) in [5.74, 6) is -1.77. The molecule has 244 valence electrons. The van der Waals surface area contributed by atoms with Crippen molar-refractivity contribution >= 4 is 57.7 Å². The number of rotatable bonds is 8. The Balaban J connectivity index is 1.39. The van der Waals surface area contributed by atoms with Gasteiger partial charge in [0.1, 0.15) is 21.7 Å². The van der Waals surface area contributed by atoms with E-state index in [4.69, 9.17) is 9.47 Å². The lowest BCUT2D eigenvalue weighted by Gasteiger charge is -2.30. The number of benzene rings is 3. The van der Waals surface area contributed by atoms with Gasteiger partial charge in [0.2, 0.25) is 5.91 Å². The molecule has 4 aromatic rings. The van der Waals surface area contributed by atoms with Gasteiger partial charge in [-0.15, -0.1) is 23.1 Å². The van der Waals surface area contributed by atoms with Crippen LogP contribution in [0.2, 0.25) is 0 Å². The molecule has 0 aliphatic carbocycles. The predicted octanol–water partition coefficient (Wildman–Crippen LogP) is 7.69. The summed E-state index contributed by atoms with van der Waals surface area (Å²) >= 11 is 2.52. The van der Waals surface area contributed by atoms with Crippen LogP contribution in [0.3, 0.4) is 0 Å². The number of esters is 1. The van der Waals surface area contributed by atoms with E-state index in [0.717, 1.165) is 16.0 Å². The van der Waals surface area contributed by atoms with E-state index >= 15 is 0 Å². The van der Waals surface area contributed by atoms with Crippen LogP contribution in [0.15, 0.2) is 83.8 Å². The number of methoxy groups -OCH3 is 1. The number of thiophene rings is 1. The van der Waals surface area contributed by atoms with Gasteiger partial charge >= 0.3 is 12.1 Å². The molecule has 1 aliphatic rings. The van der Waals surface area contributed by atoms with E-state index in [1.165, 1.54) is 54.5 Å². The zero-order chi connectivity index (χ0) is 33.7. The zero-order valence-electron chi connectivity index (χ0n) is 26.3. The standard InChI is InChI=1S/C35H34FN3O6S2/c1-35(2,3)45-34(43)39-18-17-26-27(20-39)47-32(28(26)33(42)44-4)38-31(41)29(21-9-6-5-7-10-21)46-25-12-8-11-24(19-25)37-30(40)22-13-15-23(36)16-14-22/h5-16,19,29H,17-18,20H2,1-4H3,(H,37,40)(H,38,41). The Bertz CT molecular complexity index is 1790. The third kappa shape index (κ3) is 8.38. The highest BCUT2D eigenvalue weighted by molar-refractivity contribution is 8.00. The molecular weight excluding hydrogens is 642 g/mol. The van der Waals surface area contributed by atoms with E-state index in [1.807, 2.05) is 36.4 Å². The first-order chi connectivity index (χ1) is 22.4. The van der Waals surface area contributed by atoms with E-state index in [0.29, 0.717) is 34.1 Å². The van der Waals surface area contributed by atoms with Gasteiger partial charge in [0.05, 0.1) is 19.2 Å². The van der Waals surface area contributed by atoms with Gasteiger partial charge in [-0.2, -0.15) is 0 Å². The summed E-state index contributed by atoms with van der Waals surface area (Å²) < 4.78 is 24.0. The van der Waals surface area contributed by atoms with Crippen LogP contribution >= 0.6 is 23.1 Å². The Morgan fingerprint density at radius 2 is 1.68 bits per heavy atom. The molecule has 0 radical (unpaired) electrons. The largest absolute Gasteiger partial charge is 0.465 e. The number of thioether (sulfide) groups is 1. The van der Waals surface area contributed by atoms with Gasteiger partial charge in [0.15, 0.2) is 0 Å². The maximum absolute atomic E-state index is 14.0. The number of fused-ring (bicyclic) bond motifs is 1. The van der Waals surface area contributed by atoms with E-state index in [2.05, 4.69) is 10.6 Å². The molecule has 0 fully saturated rings. The molecule has 1 aliphatic heterocycles. The SMILES string of the molecule is COC(=O)c1c(NC(=O)C(Sc2cccc(NC(=O)c3ccc(F)cc3)c2)c2ccccc2)sc2c1CCN(C(=O)OC(C)(C)C)C2. The maximum atomic E-state index is 14.0. The number of hydrogen-bond donors (Lipinski definition) is 2. The van der Waals surface area contributed by atoms with Crippen LogP contribution in [0.25, 0.3) is 0 Å². The van der Waals surface area contributed by atoms with Crippen molar-refractivity contribution in [3.63, 3.8) is 0 Å². The molecule has 2 N–H and O–H groups in total. The molecule has 0 spiro atoms. The van der Waals surface area contributed by atoms with Crippen molar-refractivity contribution < 1.29 is 33.0 Å². The minimum Gasteiger partial charge on any atom is -0.465 e. The molecule has 12 heteroatoms. The summed E-state index contributed by atoms with van der Waals surface area (Å²) in [6.45, 7) is 6.00. The number of anilines is 2. The highest BCUT2D eigenvalue weighted by atomic mass is 32.2. The highest BCUT2D eigenvalue weighted by Crippen LogP contribution is 2.41. The summed E-state index contributed by atoms with van der Waals surface area (Å²) in [5, 5.41) is 5.41. The normalized spacial score (nSPS) is 13.3. The average Bonchev–Trinajstić information content (AvgIpc) is 3.40. The topological polar surface area (TPSA) is 114 Å². The van der Waals surface area contributed by atoms with Crippen molar-refractivity contribution in [2.45, 2.75) is 49.5 Å². The molecule has 0 bridgehead atoms. The number of nitrogens with zero attached hydrogens (tertiary/aromatic N) is 1. The number of carbonyl (C=O) groups is 4. The van der Waals surface area contributed by atoms with Gasteiger partial charge in [-0.1, -0.05) is 36.4 Å². The highest BCUT2D eigenvalue weighted by Gasteiger charge is 2.33. The van der Waals surface area contributed by atoms with Crippen LogP contribution in [0.1, 0.15) is 62.7 Å². The predicted molar refractivity (Wildman–Crippen MR) is 180 cm³/mol. The van der Waals surface area contributed by atoms with Gasteiger partial charge in [0.25, 0.3) is 5.91 Å². The van der Waals surface area contributed by atoms with E-state index in [-0.39, 0.29) is 18.0 Å². The number of nitrogens with one attached hydrogen (secondary N) is 2. The number of hydrogen-bond acceptors (Lipinski definition) is 8. The third-order valence-corrected chi connectivity index (χ3v) is 9.51. The molecule has 0 saturated carbocycles. The van der Waals surface area contributed by atoms with Crippen LogP contribution in [-0.4, -0.2) is 48.0 Å². The molecule has 3 aromatic carbocycles. The molecule has 47 heavy (non-hydrogen) atoms. The number of halogens is 1. The lowest BCUT2D eigenvalue weighted by Crippen LogP contribution is -2.39. The quantitative estimate of drug-likeness (QED) is 0.145. The van der Waals surface area contributed by atoms with Crippen molar-refractivity contribution in [1.82, 2.24) is 4.90 Å². The first-order valence-corrected chi connectivity index (χ1v) is 16.5. The van der Waals surface area contributed by atoms with Crippen molar-refractivity contribution in [3.8, 4) is 0 Å². The van der Waals surface area contributed by atoms with Gasteiger partial charge in [0, 0.05) is 27.6 Å². The summed E-state index contributed by atoms with van der Waals surface area (Å²) in [7, 11) is 1.29. The van der Waals surface area contributed by atoms with Crippen molar-refractivity contribution in [2.24, 2.45) is 0 Å². The second kappa shape index (κ2) is 14.4. The number of carbonyl (C=O) groups excluding carboxylic acids is 4. The molecular formula is C35H34FN3O6S2. The van der Waals surface area contributed by atoms with E-state index in [1.54, 1.807) is 43.9 Å². The second-order valence-corrected chi connectivity index (χ2v) is 14.0. The van der Waals surface area contributed by atoms with Crippen molar-refractivity contribution in [1.29, 1.82) is 0 Å². The summed E-state index contributed by atoms with van der Waals surface area (Å²) in [4.78, 5) is 55.6. The summed E-state index contributed by atoms with van der Waals surface area (Å²) in [6, 6.07) is 21.5. The molecule has 5 rings (SSSR count). The fourth-order valence-electron chi connectivity index (χ4n) is 4.96. The fourth-order valence-corrected chi connectivity index (χ4v) is 7.30. The van der Waals surface area contributed by atoms with Crippen LogP contribution in [0.4, 0.5) is 19.9 Å². The molecule has 3 amide bonds. The Hall–Kier alpha value is -4.68. The summed E-state index contributed by atoms with van der Waals surface area (Å²) in [5.41, 5.74) is 1.91. The Morgan fingerprint density at radius 3 is 2.36 bits per heavy atom. The fraction of sp³-hybridized carbons (Fsp3) is 0.257. The van der Waals surface area contributed by atoms with E-state index < -0.39 is 34.6 Å². The zero-order valence-corrected chi connectivity index (χ0v) is 27.9. The van der Waals surface area contributed by atoms with Gasteiger partial charge in [-0.05, 0) is 80.8 Å². The number of amides is 3. The lowest BCUT2D eigenvalue weighted by molar-refractivity contribution is -0.115. The monoisotopic (exact) mass is 675 g/mol. The molecule has 9 nitrogen and oxygen atoms in total. The molecule has 1 aromatic heterocycles. The minimum atomic E-state index is -0.734. The summed E-state index contributed by atoms with van der Waals surface area (Å²) in [6.07, 6.45) is -0.0445. The van der Waals surface area contributed by atoms with Crippen LogP contribution in [0.5, 0.6) is 0 Å². The maximum Gasteiger partial charge on any atom is 0.410 e.